The molecule has 1 rings (SSSR count). The summed E-state index contributed by atoms with van der Waals surface area (Å²) in [6.07, 6.45) is 0. The van der Waals surface area contributed by atoms with Crippen LogP contribution in [-0.4, -0.2) is 11.3 Å². The molecule has 13 heavy (non-hydrogen) atoms. The van der Waals surface area contributed by atoms with Crippen molar-refractivity contribution >= 4 is 24.0 Å². The van der Waals surface area contributed by atoms with Gasteiger partial charge in [-0.2, -0.15) is 12.6 Å². The summed E-state index contributed by atoms with van der Waals surface area (Å²) in [7, 11) is 0. The van der Waals surface area contributed by atoms with Crippen LogP contribution in [0.5, 0.6) is 0 Å². The Labute approximate surface area is 84.9 Å². The van der Waals surface area contributed by atoms with Gasteiger partial charge in [-0.1, -0.05) is 12.1 Å². The molecular weight excluding hydrogens is 180 g/mol. The number of hydrogen-bond donors (Lipinski definition) is 3. The van der Waals surface area contributed by atoms with Gasteiger partial charge in [0.15, 0.2) is 0 Å². The van der Waals surface area contributed by atoms with E-state index in [4.69, 9.17) is 5.73 Å². The molecule has 0 aliphatic heterocycles. The highest BCUT2D eigenvalue weighted by Crippen LogP contribution is 2.19. The second-order valence-corrected chi connectivity index (χ2v) is 4.96. The van der Waals surface area contributed by atoms with E-state index in [2.05, 4.69) is 31.8 Å². The number of rotatable bonds is 3. The summed E-state index contributed by atoms with van der Waals surface area (Å²) >= 11 is 4.42. The van der Waals surface area contributed by atoms with Crippen molar-refractivity contribution in [3.63, 3.8) is 0 Å². The number of nitrogens with one attached hydrogen (secondary N) is 1. The minimum atomic E-state index is -0.0255. The molecule has 1 aromatic carbocycles. The quantitative estimate of drug-likeness (QED) is 0.513. The third kappa shape index (κ3) is 3.59. The summed E-state index contributed by atoms with van der Waals surface area (Å²) in [6.45, 7) is 4.91. The predicted molar refractivity (Wildman–Crippen MR) is 62.4 cm³/mol. The van der Waals surface area contributed by atoms with Gasteiger partial charge in [-0.3, -0.25) is 0 Å². The Balaban J connectivity index is 2.60. The zero-order valence-electron chi connectivity index (χ0n) is 8.04. The maximum atomic E-state index is 5.76. The van der Waals surface area contributed by atoms with Gasteiger partial charge in [-0.15, -0.1) is 0 Å². The highest BCUT2D eigenvalue weighted by Gasteiger charge is 2.10. The Morgan fingerprint density at radius 2 is 2.00 bits per heavy atom. The number of para-hydroxylation sites is 2. The van der Waals surface area contributed by atoms with E-state index in [1.807, 2.05) is 24.3 Å². The molecule has 1 aromatic rings. The number of hydrogen-bond acceptors (Lipinski definition) is 3. The lowest BCUT2D eigenvalue weighted by Gasteiger charge is -2.19. The van der Waals surface area contributed by atoms with Gasteiger partial charge in [0, 0.05) is 11.3 Å². The first-order chi connectivity index (χ1) is 5.99. The van der Waals surface area contributed by atoms with E-state index in [9.17, 15) is 0 Å². The highest BCUT2D eigenvalue weighted by molar-refractivity contribution is 7.81. The van der Waals surface area contributed by atoms with Gasteiger partial charge in [0.1, 0.15) is 0 Å². The molecule has 3 N–H and O–H groups in total. The fourth-order valence-corrected chi connectivity index (χ4v) is 1.05. The Bertz CT molecular complexity index is 278. The first kappa shape index (κ1) is 10.3. The fourth-order valence-electron chi connectivity index (χ4n) is 0.970. The first-order valence-electron chi connectivity index (χ1n) is 4.30. The van der Waals surface area contributed by atoms with E-state index in [1.165, 1.54) is 0 Å². The van der Waals surface area contributed by atoms with E-state index in [-0.39, 0.29) is 4.75 Å². The largest absolute Gasteiger partial charge is 0.397 e. The standard InChI is InChI=1S/C10H16N2S/c1-10(2,13)7-12-9-6-4-3-5-8(9)11/h3-6,12-13H,7,11H2,1-2H3. The molecule has 0 bridgehead atoms. The average molecular weight is 196 g/mol. The molecule has 0 fully saturated rings. The zero-order valence-corrected chi connectivity index (χ0v) is 8.94. The lowest BCUT2D eigenvalue weighted by molar-refractivity contribution is 0.758. The smallest absolute Gasteiger partial charge is 0.0574 e. The van der Waals surface area contributed by atoms with Crippen molar-refractivity contribution < 1.29 is 0 Å². The third-order valence-corrected chi connectivity index (χ3v) is 1.83. The van der Waals surface area contributed by atoms with E-state index in [0.29, 0.717) is 0 Å². The lowest BCUT2D eigenvalue weighted by Crippen LogP contribution is -2.23. The van der Waals surface area contributed by atoms with Crippen LogP contribution >= 0.6 is 12.6 Å². The number of nitrogens with two attached hydrogens (primary N) is 1. The van der Waals surface area contributed by atoms with Crippen molar-refractivity contribution in [2.24, 2.45) is 0 Å². The van der Waals surface area contributed by atoms with Crippen LogP contribution < -0.4 is 11.1 Å². The Hall–Kier alpha value is -0.830. The Kier molecular flexibility index (Phi) is 3.09. The van der Waals surface area contributed by atoms with Gasteiger partial charge < -0.3 is 11.1 Å². The molecule has 0 amide bonds. The van der Waals surface area contributed by atoms with Gasteiger partial charge in [-0.05, 0) is 26.0 Å². The molecule has 0 heterocycles. The van der Waals surface area contributed by atoms with Crippen molar-refractivity contribution in [1.82, 2.24) is 0 Å². The second kappa shape index (κ2) is 3.92. The molecule has 72 valence electrons. The molecule has 0 saturated heterocycles. The van der Waals surface area contributed by atoms with E-state index < -0.39 is 0 Å². The molecule has 0 spiro atoms. The molecule has 0 saturated carbocycles. The lowest BCUT2D eigenvalue weighted by atomic mass is 10.2. The maximum Gasteiger partial charge on any atom is 0.0574 e. The van der Waals surface area contributed by atoms with Crippen molar-refractivity contribution in [3.8, 4) is 0 Å². The molecule has 0 aliphatic carbocycles. The summed E-state index contributed by atoms with van der Waals surface area (Å²) in [5.41, 5.74) is 7.52. The number of nitrogen functional groups attached to an aromatic ring is 1. The summed E-state index contributed by atoms with van der Waals surface area (Å²) in [5, 5.41) is 3.25. The third-order valence-electron chi connectivity index (χ3n) is 1.67. The minimum Gasteiger partial charge on any atom is -0.397 e. The van der Waals surface area contributed by atoms with Gasteiger partial charge >= 0.3 is 0 Å². The molecule has 0 radical (unpaired) electrons. The van der Waals surface area contributed by atoms with Crippen molar-refractivity contribution in [2.45, 2.75) is 18.6 Å². The van der Waals surface area contributed by atoms with Gasteiger partial charge in [0.25, 0.3) is 0 Å². The van der Waals surface area contributed by atoms with Crippen LogP contribution in [-0.2, 0) is 0 Å². The minimum absolute atomic E-state index is 0.0255. The molecule has 3 heteroatoms. The topological polar surface area (TPSA) is 38.0 Å². The van der Waals surface area contributed by atoms with E-state index >= 15 is 0 Å². The van der Waals surface area contributed by atoms with Crippen LogP contribution in [0, 0.1) is 0 Å². The van der Waals surface area contributed by atoms with Gasteiger partial charge in [-0.25, -0.2) is 0 Å². The zero-order chi connectivity index (χ0) is 9.90. The summed E-state index contributed by atoms with van der Waals surface area (Å²) < 4.78 is -0.0255. The summed E-state index contributed by atoms with van der Waals surface area (Å²) in [5.74, 6) is 0. The van der Waals surface area contributed by atoms with Crippen molar-refractivity contribution in [1.29, 1.82) is 0 Å². The van der Waals surface area contributed by atoms with Crippen molar-refractivity contribution in [3.05, 3.63) is 24.3 Å². The van der Waals surface area contributed by atoms with E-state index in [1.54, 1.807) is 0 Å². The van der Waals surface area contributed by atoms with Crippen LogP contribution in [0.2, 0.25) is 0 Å². The Morgan fingerprint density at radius 3 is 2.54 bits per heavy atom. The van der Waals surface area contributed by atoms with Crippen molar-refractivity contribution in [2.75, 3.05) is 17.6 Å². The average Bonchev–Trinajstić information content (AvgIpc) is 2.01. The predicted octanol–water partition coefficient (Wildman–Crippen LogP) is 2.39. The summed E-state index contributed by atoms with van der Waals surface area (Å²) in [6, 6.07) is 7.74. The van der Waals surface area contributed by atoms with Crippen LogP contribution in [0.4, 0.5) is 11.4 Å². The molecular formula is C10H16N2S. The van der Waals surface area contributed by atoms with Gasteiger partial charge in [0.2, 0.25) is 0 Å². The van der Waals surface area contributed by atoms with Crippen LogP contribution in [0.1, 0.15) is 13.8 Å². The normalized spacial score (nSPS) is 11.3. The molecule has 0 aromatic heterocycles. The molecule has 0 aliphatic rings. The van der Waals surface area contributed by atoms with Crippen LogP contribution in [0.25, 0.3) is 0 Å². The number of benzene rings is 1. The Morgan fingerprint density at radius 1 is 1.38 bits per heavy atom. The van der Waals surface area contributed by atoms with E-state index in [0.717, 1.165) is 17.9 Å². The monoisotopic (exact) mass is 196 g/mol. The first-order valence-corrected chi connectivity index (χ1v) is 4.74. The molecule has 0 unspecified atom stereocenters. The fraction of sp³-hybridized carbons (Fsp3) is 0.400. The maximum absolute atomic E-state index is 5.76. The number of thiol groups is 1. The van der Waals surface area contributed by atoms with Crippen LogP contribution in [0.3, 0.4) is 0 Å². The molecule has 2 nitrogen and oxygen atoms in total. The molecule has 0 atom stereocenters. The number of anilines is 2. The summed E-state index contributed by atoms with van der Waals surface area (Å²) in [4.78, 5) is 0. The second-order valence-electron chi connectivity index (χ2n) is 3.75. The highest BCUT2D eigenvalue weighted by atomic mass is 32.1. The SMILES string of the molecule is CC(C)(S)CNc1ccccc1N. The van der Waals surface area contributed by atoms with Gasteiger partial charge in [0.05, 0.1) is 11.4 Å². The van der Waals surface area contributed by atoms with Crippen LogP contribution in [0.15, 0.2) is 24.3 Å².